The van der Waals surface area contributed by atoms with Crippen molar-refractivity contribution in [1.29, 1.82) is 0 Å². The summed E-state index contributed by atoms with van der Waals surface area (Å²) in [6.07, 6.45) is 4.15. The number of benzene rings is 1. The van der Waals surface area contributed by atoms with E-state index in [1.165, 1.54) is 17.2 Å². The maximum Gasteiger partial charge on any atom is 0.243 e. The van der Waals surface area contributed by atoms with Crippen LogP contribution in [-0.2, 0) is 16.6 Å². The fourth-order valence-corrected chi connectivity index (χ4v) is 2.33. The zero-order valence-electron chi connectivity index (χ0n) is 12.7. The van der Waals surface area contributed by atoms with Gasteiger partial charge in [0.25, 0.3) is 0 Å². The highest BCUT2D eigenvalue weighted by Crippen LogP contribution is 2.33. The molecule has 0 aliphatic carbocycles. The topological polar surface area (TPSA) is 38.3 Å². The molecule has 3 heteroatoms. The van der Waals surface area contributed by atoms with Gasteiger partial charge in [-0.1, -0.05) is 39.0 Å². The van der Waals surface area contributed by atoms with Crippen LogP contribution in [0.2, 0.25) is 0 Å². The summed E-state index contributed by atoms with van der Waals surface area (Å²) in [5.41, 5.74) is 2.70. The molecule has 1 atom stereocenters. The Kier molecular flexibility index (Phi) is 4.17. The summed E-state index contributed by atoms with van der Waals surface area (Å²) < 4.78 is 5.86. The van der Waals surface area contributed by atoms with Crippen LogP contribution in [0.25, 0.3) is 0 Å². The van der Waals surface area contributed by atoms with E-state index in [-0.39, 0.29) is 17.4 Å². The van der Waals surface area contributed by atoms with Gasteiger partial charge in [0.2, 0.25) is 5.91 Å². The molecule has 1 unspecified atom stereocenters. The number of ether oxygens (including phenoxy) is 1. The molecule has 1 N–H and O–H groups in total. The highest BCUT2D eigenvalue weighted by atomic mass is 16.5. The van der Waals surface area contributed by atoms with Gasteiger partial charge in [0.1, 0.15) is 11.9 Å². The Bertz CT molecular complexity index is 526. The van der Waals surface area contributed by atoms with Gasteiger partial charge in [-0.3, -0.25) is 4.79 Å². The van der Waals surface area contributed by atoms with Gasteiger partial charge in [0.15, 0.2) is 0 Å². The van der Waals surface area contributed by atoms with E-state index in [4.69, 9.17) is 4.74 Å². The van der Waals surface area contributed by atoms with Crippen molar-refractivity contribution >= 4 is 5.91 Å². The molecular weight excluding hydrogens is 250 g/mol. The first-order chi connectivity index (χ1) is 9.40. The predicted molar refractivity (Wildman–Crippen MR) is 81.1 cm³/mol. The van der Waals surface area contributed by atoms with Crippen molar-refractivity contribution in [2.45, 2.75) is 45.6 Å². The SMILES string of the molecule is C/C=C/C(=O)NCC1Cc2cc(C(C)(C)C)ccc2O1. The van der Waals surface area contributed by atoms with Gasteiger partial charge < -0.3 is 10.1 Å². The number of hydrogen-bond acceptors (Lipinski definition) is 2. The van der Waals surface area contributed by atoms with Gasteiger partial charge in [-0.05, 0) is 35.6 Å². The van der Waals surface area contributed by atoms with Gasteiger partial charge >= 0.3 is 0 Å². The number of carbonyl (C=O) groups excluding carboxylic acids is 1. The van der Waals surface area contributed by atoms with Gasteiger partial charge in [-0.15, -0.1) is 0 Å². The minimum atomic E-state index is -0.0672. The largest absolute Gasteiger partial charge is 0.488 e. The van der Waals surface area contributed by atoms with Crippen molar-refractivity contribution in [1.82, 2.24) is 5.32 Å². The Morgan fingerprint density at radius 1 is 1.45 bits per heavy atom. The zero-order chi connectivity index (χ0) is 14.8. The van der Waals surface area contributed by atoms with Gasteiger partial charge in [-0.25, -0.2) is 0 Å². The highest BCUT2D eigenvalue weighted by Gasteiger charge is 2.25. The lowest BCUT2D eigenvalue weighted by Gasteiger charge is -2.19. The van der Waals surface area contributed by atoms with Crippen LogP contribution in [0.5, 0.6) is 5.75 Å². The summed E-state index contributed by atoms with van der Waals surface area (Å²) in [6.45, 7) is 9.00. The van der Waals surface area contributed by atoms with Crippen molar-refractivity contribution in [3.63, 3.8) is 0 Å². The van der Waals surface area contributed by atoms with Crippen LogP contribution >= 0.6 is 0 Å². The summed E-state index contributed by atoms with van der Waals surface area (Å²) in [5.74, 6) is 0.880. The van der Waals surface area contributed by atoms with Gasteiger partial charge in [-0.2, -0.15) is 0 Å². The van der Waals surface area contributed by atoms with E-state index in [9.17, 15) is 4.79 Å². The highest BCUT2D eigenvalue weighted by molar-refractivity contribution is 5.87. The number of carbonyl (C=O) groups is 1. The van der Waals surface area contributed by atoms with Crippen LogP contribution in [0.4, 0.5) is 0 Å². The Labute approximate surface area is 121 Å². The lowest BCUT2D eigenvalue weighted by Crippen LogP contribution is -2.33. The number of rotatable bonds is 3. The molecule has 1 aliphatic rings. The summed E-state index contributed by atoms with van der Waals surface area (Å²) in [4.78, 5) is 11.4. The Hall–Kier alpha value is -1.77. The predicted octanol–water partition coefficient (Wildman–Crippen LogP) is 2.98. The van der Waals surface area contributed by atoms with Crippen molar-refractivity contribution in [3.8, 4) is 5.75 Å². The van der Waals surface area contributed by atoms with Gasteiger partial charge in [0, 0.05) is 6.42 Å². The van der Waals surface area contributed by atoms with Crippen LogP contribution in [0.15, 0.2) is 30.4 Å². The summed E-state index contributed by atoms with van der Waals surface area (Å²) in [7, 11) is 0. The molecule has 1 aromatic rings. The molecule has 3 nitrogen and oxygen atoms in total. The molecule has 0 fully saturated rings. The van der Waals surface area contributed by atoms with Crippen LogP contribution in [0.1, 0.15) is 38.8 Å². The maximum atomic E-state index is 11.4. The zero-order valence-corrected chi connectivity index (χ0v) is 12.7. The van der Waals surface area contributed by atoms with Crippen molar-refractivity contribution < 1.29 is 9.53 Å². The second-order valence-corrected chi connectivity index (χ2v) is 6.26. The lowest BCUT2D eigenvalue weighted by molar-refractivity contribution is -0.116. The van der Waals surface area contributed by atoms with Gasteiger partial charge in [0.05, 0.1) is 6.54 Å². The first kappa shape index (κ1) is 14.6. The average molecular weight is 273 g/mol. The molecule has 1 heterocycles. The molecule has 1 amide bonds. The summed E-state index contributed by atoms with van der Waals surface area (Å²) in [6, 6.07) is 6.40. The fourth-order valence-electron chi connectivity index (χ4n) is 2.33. The van der Waals surface area contributed by atoms with E-state index in [0.29, 0.717) is 6.54 Å². The third-order valence-electron chi connectivity index (χ3n) is 3.49. The molecular formula is C17H23NO2. The van der Waals surface area contributed by atoms with Crippen molar-refractivity contribution in [3.05, 3.63) is 41.5 Å². The summed E-state index contributed by atoms with van der Waals surface area (Å²) in [5, 5.41) is 2.85. The van der Waals surface area contributed by atoms with Crippen LogP contribution in [-0.4, -0.2) is 18.6 Å². The number of amides is 1. The molecule has 1 aromatic carbocycles. The van der Waals surface area contributed by atoms with E-state index in [1.807, 2.05) is 13.0 Å². The van der Waals surface area contributed by atoms with Crippen LogP contribution in [0.3, 0.4) is 0 Å². The third-order valence-corrected chi connectivity index (χ3v) is 3.49. The number of fused-ring (bicyclic) bond motifs is 1. The Morgan fingerprint density at radius 2 is 2.20 bits per heavy atom. The average Bonchev–Trinajstić information content (AvgIpc) is 2.77. The molecule has 0 saturated heterocycles. The standard InChI is InChI=1S/C17H23NO2/c1-5-6-16(19)18-11-14-10-12-9-13(17(2,3)4)7-8-15(12)20-14/h5-9,14H,10-11H2,1-4H3,(H,18,19)/b6-5+. The van der Waals surface area contributed by atoms with E-state index in [2.05, 4.69) is 38.2 Å². The first-order valence-electron chi connectivity index (χ1n) is 7.10. The second kappa shape index (κ2) is 5.70. The van der Waals surface area contributed by atoms with Crippen molar-refractivity contribution in [2.24, 2.45) is 0 Å². The quantitative estimate of drug-likeness (QED) is 0.860. The molecule has 2 rings (SSSR count). The molecule has 20 heavy (non-hydrogen) atoms. The fraction of sp³-hybridized carbons (Fsp3) is 0.471. The second-order valence-electron chi connectivity index (χ2n) is 6.26. The van der Waals surface area contributed by atoms with Crippen molar-refractivity contribution in [2.75, 3.05) is 6.54 Å². The molecule has 0 aromatic heterocycles. The minimum Gasteiger partial charge on any atom is -0.488 e. The Balaban J connectivity index is 1.99. The number of hydrogen-bond donors (Lipinski definition) is 1. The molecule has 0 spiro atoms. The van der Waals surface area contributed by atoms with E-state index in [0.717, 1.165) is 12.2 Å². The first-order valence-corrected chi connectivity index (χ1v) is 7.10. The molecule has 108 valence electrons. The number of allylic oxidation sites excluding steroid dienone is 1. The summed E-state index contributed by atoms with van der Waals surface area (Å²) >= 11 is 0. The third kappa shape index (κ3) is 3.41. The minimum absolute atomic E-state index is 0.0365. The van der Waals surface area contributed by atoms with E-state index < -0.39 is 0 Å². The maximum absolute atomic E-state index is 11.4. The van der Waals surface area contributed by atoms with Crippen LogP contribution < -0.4 is 10.1 Å². The van der Waals surface area contributed by atoms with Crippen LogP contribution in [0, 0.1) is 0 Å². The lowest BCUT2D eigenvalue weighted by atomic mass is 9.86. The smallest absolute Gasteiger partial charge is 0.243 e. The monoisotopic (exact) mass is 273 g/mol. The molecule has 0 saturated carbocycles. The molecule has 0 bridgehead atoms. The van der Waals surface area contributed by atoms with E-state index in [1.54, 1.807) is 6.08 Å². The Morgan fingerprint density at radius 3 is 2.85 bits per heavy atom. The normalized spacial score (nSPS) is 17.9. The molecule has 1 aliphatic heterocycles. The number of nitrogens with one attached hydrogen (secondary N) is 1. The molecule has 0 radical (unpaired) electrons. The van der Waals surface area contributed by atoms with E-state index >= 15 is 0 Å².